The van der Waals surface area contributed by atoms with Crippen LogP contribution < -0.4 is 10.6 Å². The van der Waals surface area contributed by atoms with Gasteiger partial charge in [0.1, 0.15) is 0 Å². The van der Waals surface area contributed by atoms with E-state index < -0.39 is 0 Å². The summed E-state index contributed by atoms with van der Waals surface area (Å²) in [5.41, 5.74) is 4.55. The smallest absolute Gasteiger partial charge is 0.243 e. The van der Waals surface area contributed by atoms with Crippen molar-refractivity contribution in [3.63, 3.8) is 0 Å². The zero-order valence-corrected chi connectivity index (χ0v) is 13.1. The van der Waals surface area contributed by atoms with Crippen LogP contribution in [0.3, 0.4) is 0 Å². The summed E-state index contributed by atoms with van der Waals surface area (Å²) in [6.45, 7) is 5.75. The van der Waals surface area contributed by atoms with Gasteiger partial charge in [0.25, 0.3) is 0 Å². The summed E-state index contributed by atoms with van der Waals surface area (Å²) in [4.78, 5) is 23.1. The zero-order chi connectivity index (χ0) is 16.1. The van der Waals surface area contributed by atoms with Crippen LogP contribution in [0.1, 0.15) is 28.4 Å². The highest BCUT2D eigenvalue weighted by Gasteiger charge is 2.04. The Morgan fingerprint density at radius 1 is 0.909 bits per heavy atom. The van der Waals surface area contributed by atoms with E-state index in [2.05, 4.69) is 16.7 Å². The molecule has 4 nitrogen and oxygen atoms in total. The Morgan fingerprint density at radius 3 is 2.05 bits per heavy atom. The van der Waals surface area contributed by atoms with Gasteiger partial charge in [-0.2, -0.15) is 0 Å². The molecule has 0 unspecified atom stereocenters. The SMILES string of the molecule is CC(=O)c1ccc(NC(=O)CNc2cc(C)cc(C)c2)cc1. The van der Waals surface area contributed by atoms with Crippen molar-refractivity contribution in [3.8, 4) is 0 Å². The lowest BCUT2D eigenvalue weighted by Gasteiger charge is -2.09. The molecule has 2 aromatic carbocycles. The predicted molar refractivity (Wildman–Crippen MR) is 89.5 cm³/mol. The van der Waals surface area contributed by atoms with Gasteiger partial charge in [-0.15, -0.1) is 0 Å². The average molecular weight is 296 g/mol. The quantitative estimate of drug-likeness (QED) is 0.829. The van der Waals surface area contributed by atoms with E-state index in [9.17, 15) is 9.59 Å². The molecule has 1 amide bonds. The zero-order valence-electron chi connectivity index (χ0n) is 13.1. The highest BCUT2D eigenvalue weighted by atomic mass is 16.2. The third-order valence-corrected chi connectivity index (χ3v) is 3.25. The molecule has 114 valence electrons. The largest absolute Gasteiger partial charge is 0.376 e. The molecule has 0 saturated heterocycles. The van der Waals surface area contributed by atoms with Crippen LogP contribution >= 0.6 is 0 Å². The Bertz CT molecular complexity index is 670. The summed E-state index contributed by atoms with van der Waals surface area (Å²) in [5, 5.41) is 5.90. The van der Waals surface area contributed by atoms with E-state index in [1.807, 2.05) is 26.0 Å². The number of carbonyl (C=O) groups excluding carboxylic acids is 2. The van der Waals surface area contributed by atoms with Gasteiger partial charge in [0.05, 0.1) is 6.54 Å². The van der Waals surface area contributed by atoms with E-state index in [0.717, 1.165) is 16.8 Å². The minimum atomic E-state index is -0.130. The maximum absolute atomic E-state index is 11.9. The van der Waals surface area contributed by atoms with Crippen molar-refractivity contribution in [1.29, 1.82) is 0 Å². The molecule has 0 heterocycles. The van der Waals surface area contributed by atoms with Crippen molar-refractivity contribution < 1.29 is 9.59 Å². The fraction of sp³-hybridized carbons (Fsp3) is 0.222. The van der Waals surface area contributed by atoms with Gasteiger partial charge in [-0.25, -0.2) is 0 Å². The average Bonchev–Trinajstić information content (AvgIpc) is 2.45. The molecule has 0 aliphatic carbocycles. The number of nitrogens with one attached hydrogen (secondary N) is 2. The van der Waals surface area contributed by atoms with Crippen molar-refractivity contribution >= 4 is 23.1 Å². The Morgan fingerprint density at radius 2 is 1.50 bits per heavy atom. The minimum Gasteiger partial charge on any atom is -0.376 e. The lowest BCUT2D eigenvalue weighted by molar-refractivity contribution is -0.114. The van der Waals surface area contributed by atoms with Crippen LogP contribution in [0.4, 0.5) is 11.4 Å². The van der Waals surface area contributed by atoms with Crippen molar-refractivity contribution in [2.75, 3.05) is 17.2 Å². The number of aryl methyl sites for hydroxylation is 2. The summed E-state index contributed by atoms with van der Waals surface area (Å²) < 4.78 is 0. The molecule has 0 aliphatic rings. The first kappa shape index (κ1) is 15.8. The molecular formula is C18H20N2O2. The fourth-order valence-corrected chi connectivity index (χ4v) is 2.25. The highest BCUT2D eigenvalue weighted by Crippen LogP contribution is 2.14. The van der Waals surface area contributed by atoms with Crippen molar-refractivity contribution in [2.24, 2.45) is 0 Å². The molecule has 2 aromatic rings. The van der Waals surface area contributed by atoms with Gasteiger partial charge in [0.2, 0.25) is 5.91 Å². The van der Waals surface area contributed by atoms with Gasteiger partial charge < -0.3 is 10.6 Å². The van der Waals surface area contributed by atoms with Crippen molar-refractivity contribution in [2.45, 2.75) is 20.8 Å². The molecule has 4 heteroatoms. The number of benzene rings is 2. The maximum atomic E-state index is 11.9. The summed E-state index contributed by atoms with van der Waals surface area (Å²) in [5.74, 6) is -0.121. The molecule has 0 aromatic heterocycles. The molecule has 0 fully saturated rings. The Labute approximate surface area is 130 Å². The lowest BCUT2D eigenvalue weighted by atomic mass is 10.1. The molecule has 0 spiro atoms. The van der Waals surface area contributed by atoms with Crippen LogP contribution in [-0.2, 0) is 4.79 Å². The van der Waals surface area contributed by atoms with E-state index in [-0.39, 0.29) is 18.2 Å². The predicted octanol–water partition coefficient (Wildman–Crippen LogP) is 3.56. The van der Waals surface area contributed by atoms with Crippen LogP contribution in [-0.4, -0.2) is 18.2 Å². The first-order valence-electron chi connectivity index (χ1n) is 7.17. The number of rotatable bonds is 5. The van der Waals surface area contributed by atoms with E-state index in [4.69, 9.17) is 0 Å². The molecule has 0 saturated carbocycles. The number of hydrogen-bond acceptors (Lipinski definition) is 3. The summed E-state index contributed by atoms with van der Waals surface area (Å²) in [6, 6.07) is 13.0. The Kier molecular flexibility index (Phi) is 4.94. The van der Waals surface area contributed by atoms with Crippen LogP contribution in [0.2, 0.25) is 0 Å². The van der Waals surface area contributed by atoms with E-state index >= 15 is 0 Å². The Hall–Kier alpha value is -2.62. The van der Waals surface area contributed by atoms with Gasteiger partial charge >= 0.3 is 0 Å². The molecular weight excluding hydrogens is 276 g/mol. The van der Waals surface area contributed by atoms with Crippen molar-refractivity contribution in [3.05, 3.63) is 59.2 Å². The van der Waals surface area contributed by atoms with Gasteiger partial charge in [0.15, 0.2) is 5.78 Å². The number of carbonyl (C=O) groups is 2. The Balaban J connectivity index is 1.91. The van der Waals surface area contributed by atoms with Gasteiger partial charge in [-0.3, -0.25) is 9.59 Å². The molecule has 22 heavy (non-hydrogen) atoms. The summed E-state index contributed by atoms with van der Waals surface area (Å²) in [7, 11) is 0. The monoisotopic (exact) mass is 296 g/mol. The number of ketones is 1. The van der Waals surface area contributed by atoms with E-state index in [0.29, 0.717) is 11.3 Å². The van der Waals surface area contributed by atoms with E-state index in [1.165, 1.54) is 6.92 Å². The minimum absolute atomic E-state index is 0.00867. The van der Waals surface area contributed by atoms with Crippen LogP contribution in [0.15, 0.2) is 42.5 Å². The third kappa shape index (κ3) is 4.45. The maximum Gasteiger partial charge on any atom is 0.243 e. The molecule has 0 bridgehead atoms. The van der Waals surface area contributed by atoms with Gasteiger partial charge in [0, 0.05) is 16.9 Å². The first-order valence-corrected chi connectivity index (χ1v) is 7.17. The number of hydrogen-bond donors (Lipinski definition) is 2. The number of amides is 1. The van der Waals surface area contributed by atoms with Gasteiger partial charge in [-0.1, -0.05) is 6.07 Å². The van der Waals surface area contributed by atoms with Crippen LogP contribution in [0, 0.1) is 13.8 Å². The molecule has 2 rings (SSSR count). The topological polar surface area (TPSA) is 58.2 Å². The normalized spacial score (nSPS) is 10.1. The van der Waals surface area contributed by atoms with Crippen molar-refractivity contribution in [1.82, 2.24) is 0 Å². The second kappa shape index (κ2) is 6.89. The standard InChI is InChI=1S/C18H20N2O2/c1-12-8-13(2)10-17(9-12)19-11-18(22)20-16-6-4-15(5-7-16)14(3)21/h4-10,19H,11H2,1-3H3,(H,20,22). The van der Waals surface area contributed by atoms with Crippen LogP contribution in [0.25, 0.3) is 0 Å². The van der Waals surface area contributed by atoms with Crippen LogP contribution in [0.5, 0.6) is 0 Å². The summed E-state index contributed by atoms with van der Waals surface area (Å²) in [6.07, 6.45) is 0. The lowest BCUT2D eigenvalue weighted by Crippen LogP contribution is -2.21. The molecule has 2 N–H and O–H groups in total. The number of Topliss-reactive ketones (excluding diaryl/α,β-unsaturated/α-hetero) is 1. The second-order valence-electron chi connectivity index (χ2n) is 5.41. The third-order valence-electron chi connectivity index (χ3n) is 3.25. The highest BCUT2D eigenvalue weighted by molar-refractivity contribution is 5.96. The molecule has 0 atom stereocenters. The van der Waals surface area contributed by atoms with Gasteiger partial charge in [-0.05, 0) is 68.3 Å². The molecule has 0 radical (unpaired) electrons. The second-order valence-corrected chi connectivity index (χ2v) is 5.41. The summed E-state index contributed by atoms with van der Waals surface area (Å²) >= 11 is 0. The van der Waals surface area contributed by atoms with E-state index in [1.54, 1.807) is 24.3 Å². The molecule has 0 aliphatic heterocycles. The number of anilines is 2. The first-order chi connectivity index (χ1) is 10.4. The fourth-order valence-electron chi connectivity index (χ4n) is 2.25.